The number of pyridine rings is 1. The van der Waals surface area contributed by atoms with Crippen LogP contribution in [-0.4, -0.2) is 22.5 Å². The first-order valence-corrected chi connectivity index (χ1v) is 6.81. The monoisotopic (exact) mass is 259 g/mol. The molecule has 0 saturated heterocycles. The number of anilines is 2. The van der Waals surface area contributed by atoms with Gasteiger partial charge < -0.3 is 11.1 Å². The average Bonchev–Trinajstić information content (AvgIpc) is 2.73. The van der Waals surface area contributed by atoms with Gasteiger partial charge in [0.05, 0.1) is 0 Å². The number of hydrogen-bond acceptors (Lipinski definition) is 4. The maximum atomic E-state index is 13.5. The molecule has 3 N–H and O–H groups in total. The van der Waals surface area contributed by atoms with Gasteiger partial charge >= 0.3 is 0 Å². The van der Waals surface area contributed by atoms with Crippen molar-refractivity contribution in [2.75, 3.05) is 17.3 Å². The minimum atomic E-state index is -0.819. The van der Waals surface area contributed by atoms with Crippen molar-refractivity contribution in [3.63, 3.8) is 0 Å². The maximum absolute atomic E-state index is 13.5. The Balaban J connectivity index is 2.15. The van der Waals surface area contributed by atoms with Gasteiger partial charge in [-0.1, -0.05) is 6.42 Å². The van der Waals surface area contributed by atoms with Crippen molar-refractivity contribution in [1.82, 2.24) is 4.98 Å². The Labute approximate surface area is 103 Å². The summed E-state index contributed by atoms with van der Waals surface area (Å²) in [7, 11) is 0. The molecular formula is C11H15F2N3S. The Morgan fingerprint density at radius 3 is 2.88 bits per heavy atom. The van der Waals surface area contributed by atoms with Gasteiger partial charge in [0.15, 0.2) is 23.3 Å². The van der Waals surface area contributed by atoms with Gasteiger partial charge in [-0.3, -0.25) is 0 Å². The number of nitrogen functional groups attached to an aromatic ring is 1. The Kier molecular flexibility index (Phi) is 3.71. The Hall–Kier alpha value is -1.04. The Morgan fingerprint density at radius 1 is 1.41 bits per heavy atom. The normalized spacial score (nSPS) is 23.9. The third kappa shape index (κ3) is 2.62. The third-order valence-corrected chi connectivity index (χ3v) is 4.20. The highest BCUT2D eigenvalue weighted by molar-refractivity contribution is 7.99. The zero-order valence-corrected chi connectivity index (χ0v) is 10.4. The lowest BCUT2D eigenvalue weighted by Crippen LogP contribution is -2.27. The number of rotatable bonds is 3. The van der Waals surface area contributed by atoms with E-state index in [9.17, 15) is 8.78 Å². The summed E-state index contributed by atoms with van der Waals surface area (Å²) in [5, 5.41) is 3.47. The highest BCUT2D eigenvalue weighted by atomic mass is 32.2. The number of nitrogens with zero attached hydrogens (tertiary/aromatic N) is 1. The minimum Gasteiger partial charge on any atom is -0.381 e. The molecule has 1 aromatic rings. The fourth-order valence-corrected chi connectivity index (χ4v) is 3.07. The van der Waals surface area contributed by atoms with E-state index in [-0.39, 0.29) is 17.7 Å². The molecule has 1 fully saturated rings. The van der Waals surface area contributed by atoms with Gasteiger partial charge in [-0.15, -0.1) is 0 Å². The molecule has 1 saturated carbocycles. The fourth-order valence-electron chi connectivity index (χ4n) is 2.13. The summed E-state index contributed by atoms with van der Waals surface area (Å²) in [6.07, 6.45) is 5.23. The summed E-state index contributed by atoms with van der Waals surface area (Å²) in [4.78, 5) is 3.71. The summed E-state index contributed by atoms with van der Waals surface area (Å²) < 4.78 is 26.4. The van der Waals surface area contributed by atoms with Crippen LogP contribution in [0.4, 0.5) is 20.4 Å². The summed E-state index contributed by atoms with van der Waals surface area (Å²) in [5.41, 5.74) is 5.33. The Morgan fingerprint density at radius 2 is 2.18 bits per heavy atom. The smallest absolute Gasteiger partial charge is 0.168 e. The first-order chi connectivity index (χ1) is 8.11. The van der Waals surface area contributed by atoms with Crippen molar-refractivity contribution in [3.05, 3.63) is 17.7 Å². The van der Waals surface area contributed by atoms with Gasteiger partial charge in [-0.25, -0.2) is 13.8 Å². The van der Waals surface area contributed by atoms with Gasteiger partial charge in [-0.2, -0.15) is 11.8 Å². The van der Waals surface area contributed by atoms with E-state index in [4.69, 9.17) is 5.73 Å². The zero-order chi connectivity index (χ0) is 12.4. The molecule has 3 nitrogen and oxygen atoms in total. The van der Waals surface area contributed by atoms with Gasteiger partial charge in [-0.05, 0) is 19.1 Å². The second kappa shape index (κ2) is 5.08. The molecule has 1 aromatic heterocycles. The predicted octanol–water partition coefficient (Wildman–Crippen LogP) is 2.64. The highest BCUT2D eigenvalue weighted by Gasteiger charge is 2.27. The molecule has 6 heteroatoms. The lowest BCUT2D eigenvalue weighted by molar-refractivity contribution is 0.576. The van der Waals surface area contributed by atoms with Gasteiger partial charge in [0.25, 0.3) is 0 Å². The summed E-state index contributed by atoms with van der Waals surface area (Å²) in [6.45, 7) is 0. The molecule has 2 rings (SSSR count). The summed E-state index contributed by atoms with van der Waals surface area (Å²) in [6, 6.07) is 0.949. The molecule has 0 spiro atoms. The first kappa shape index (κ1) is 12.4. The van der Waals surface area contributed by atoms with Crippen molar-refractivity contribution in [1.29, 1.82) is 0 Å². The molecule has 1 aliphatic carbocycles. The van der Waals surface area contributed by atoms with Crippen LogP contribution in [0.5, 0.6) is 0 Å². The molecule has 0 bridgehead atoms. The number of halogens is 2. The van der Waals surface area contributed by atoms with Gasteiger partial charge in [0, 0.05) is 17.4 Å². The van der Waals surface area contributed by atoms with E-state index in [1.54, 1.807) is 11.8 Å². The minimum absolute atomic E-state index is 0.0508. The molecule has 17 heavy (non-hydrogen) atoms. The number of nitrogens with one attached hydrogen (secondary N) is 1. The summed E-state index contributed by atoms with van der Waals surface area (Å²) >= 11 is 1.75. The molecule has 1 aliphatic rings. The van der Waals surface area contributed by atoms with E-state index < -0.39 is 11.6 Å². The van der Waals surface area contributed by atoms with Crippen LogP contribution in [0.15, 0.2) is 6.07 Å². The molecule has 0 radical (unpaired) electrons. The van der Waals surface area contributed by atoms with Crippen molar-refractivity contribution >= 4 is 23.4 Å². The lowest BCUT2D eigenvalue weighted by Gasteiger charge is -2.20. The van der Waals surface area contributed by atoms with Crippen LogP contribution in [0.3, 0.4) is 0 Å². The van der Waals surface area contributed by atoms with Crippen LogP contribution in [-0.2, 0) is 0 Å². The number of thioether (sulfide) groups is 1. The van der Waals surface area contributed by atoms with Crippen molar-refractivity contribution in [2.45, 2.75) is 30.6 Å². The fraction of sp³-hybridized carbons (Fsp3) is 0.545. The SMILES string of the molecule is CSC1CCCC1Nc1nc(N)c(F)cc1F. The second-order valence-electron chi connectivity index (χ2n) is 4.14. The lowest BCUT2D eigenvalue weighted by atomic mass is 10.2. The Bertz CT molecular complexity index is 414. The second-order valence-corrected chi connectivity index (χ2v) is 5.22. The van der Waals surface area contributed by atoms with E-state index in [1.165, 1.54) is 0 Å². The van der Waals surface area contributed by atoms with Crippen LogP contribution in [0.2, 0.25) is 0 Å². The van der Waals surface area contributed by atoms with E-state index >= 15 is 0 Å². The van der Waals surface area contributed by atoms with Crippen LogP contribution in [0.25, 0.3) is 0 Å². The molecule has 1 heterocycles. The third-order valence-electron chi connectivity index (χ3n) is 3.03. The molecule has 0 amide bonds. The van der Waals surface area contributed by atoms with Crippen molar-refractivity contribution in [2.24, 2.45) is 0 Å². The quantitative estimate of drug-likeness (QED) is 0.876. The molecule has 0 aromatic carbocycles. The van der Waals surface area contributed by atoms with E-state index in [2.05, 4.69) is 10.3 Å². The van der Waals surface area contributed by atoms with Crippen LogP contribution in [0, 0.1) is 11.6 Å². The molecule has 0 aliphatic heterocycles. The standard InChI is InChI=1S/C11H15F2N3S/c1-17-9-4-2-3-8(9)15-11-7(13)5-6(12)10(14)16-11/h5,8-9H,2-4H2,1H3,(H3,14,15,16). The number of nitrogens with two attached hydrogens (primary N) is 1. The van der Waals surface area contributed by atoms with Gasteiger partial charge in [0.2, 0.25) is 0 Å². The van der Waals surface area contributed by atoms with Crippen LogP contribution < -0.4 is 11.1 Å². The van der Waals surface area contributed by atoms with Gasteiger partial charge in [0.1, 0.15) is 0 Å². The topological polar surface area (TPSA) is 50.9 Å². The highest BCUT2D eigenvalue weighted by Crippen LogP contribution is 2.31. The number of aromatic nitrogens is 1. The van der Waals surface area contributed by atoms with E-state index in [1.807, 2.05) is 6.26 Å². The van der Waals surface area contributed by atoms with Crippen molar-refractivity contribution < 1.29 is 8.78 Å². The predicted molar refractivity (Wildman–Crippen MR) is 67.1 cm³/mol. The van der Waals surface area contributed by atoms with Crippen LogP contribution >= 0.6 is 11.8 Å². The molecule has 2 atom stereocenters. The molecule has 2 unspecified atom stereocenters. The van der Waals surface area contributed by atoms with Crippen LogP contribution in [0.1, 0.15) is 19.3 Å². The summed E-state index contributed by atoms with van der Waals surface area (Å²) in [5.74, 6) is -1.73. The maximum Gasteiger partial charge on any atom is 0.168 e. The van der Waals surface area contributed by atoms with E-state index in [0.717, 1.165) is 25.3 Å². The van der Waals surface area contributed by atoms with Crippen molar-refractivity contribution in [3.8, 4) is 0 Å². The molecular weight excluding hydrogens is 244 g/mol. The average molecular weight is 259 g/mol. The van der Waals surface area contributed by atoms with E-state index in [0.29, 0.717) is 5.25 Å². The largest absolute Gasteiger partial charge is 0.381 e. The molecule has 94 valence electrons. The zero-order valence-electron chi connectivity index (χ0n) is 9.54. The first-order valence-electron chi connectivity index (χ1n) is 5.52. The number of hydrogen-bond donors (Lipinski definition) is 2.